The Morgan fingerprint density at radius 2 is 2.07 bits per heavy atom. The first-order chi connectivity index (χ1) is 7.09. The topological polar surface area (TPSA) is 26.0 Å². The summed E-state index contributed by atoms with van der Waals surface area (Å²) >= 11 is 0. The molecular weight excluding hydrogens is 189 g/mol. The van der Waals surface area contributed by atoms with Crippen LogP contribution in [0.25, 0.3) is 0 Å². The fraction of sp³-hybridized carbons (Fsp3) is 0.538. The lowest BCUT2D eigenvalue weighted by molar-refractivity contribution is 0.476. The van der Waals surface area contributed by atoms with E-state index in [1.54, 1.807) is 6.07 Å². The Bertz CT molecular complexity index is 362. The van der Waals surface area contributed by atoms with E-state index in [1.807, 2.05) is 13.0 Å². The predicted molar refractivity (Wildman–Crippen MR) is 60.3 cm³/mol. The van der Waals surface area contributed by atoms with Crippen LogP contribution in [-0.2, 0) is 0 Å². The van der Waals surface area contributed by atoms with E-state index in [1.165, 1.54) is 11.6 Å². The highest BCUT2D eigenvalue weighted by Gasteiger charge is 2.32. The van der Waals surface area contributed by atoms with Crippen LogP contribution in [0.1, 0.15) is 36.8 Å². The zero-order chi connectivity index (χ0) is 11.0. The van der Waals surface area contributed by atoms with Crippen molar-refractivity contribution in [3.8, 4) is 0 Å². The van der Waals surface area contributed by atoms with Crippen molar-refractivity contribution < 1.29 is 4.39 Å². The third kappa shape index (κ3) is 1.91. The van der Waals surface area contributed by atoms with Gasteiger partial charge in [-0.05, 0) is 54.9 Å². The second-order valence-corrected chi connectivity index (χ2v) is 4.71. The number of aryl methyl sites for hydroxylation is 1. The van der Waals surface area contributed by atoms with Gasteiger partial charge in [0.1, 0.15) is 5.82 Å². The summed E-state index contributed by atoms with van der Waals surface area (Å²) in [5.41, 5.74) is 8.33. The maximum Gasteiger partial charge on any atom is 0.123 e. The molecule has 3 unspecified atom stereocenters. The maximum absolute atomic E-state index is 13.2. The van der Waals surface area contributed by atoms with Gasteiger partial charge < -0.3 is 5.73 Å². The van der Waals surface area contributed by atoms with Gasteiger partial charge in [0.05, 0.1) is 0 Å². The van der Waals surface area contributed by atoms with Gasteiger partial charge in [0, 0.05) is 6.04 Å². The third-order valence-electron chi connectivity index (χ3n) is 3.76. The Hall–Kier alpha value is -0.890. The van der Waals surface area contributed by atoms with Crippen molar-refractivity contribution in [2.24, 2.45) is 11.7 Å². The lowest BCUT2D eigenvalue weighted by Gasteiger charge is -2.20. The lowest BCUT2D eigenvalue weighted by Crippen LogP contribution is -2.24. The normalized spacial score (nSPS) is 30.8. The van der Waals surface area contributed by atoms with Crippen LogP contribution in [0.2, 0.25) is 0 Å². The molecule has 0 radical (unpaired) electrons. The van der Waals surface area contributed by atoms with E-state index < -0.39 is 0 Å². The molecule has 0 aliphatic heterocycles. The molecule has 0 amide bonds. The molecule has 0 aromatic heterocycles. The van der Waals surface area contributed by atoms with Crippen LogP contribution in [0, 0.1) is 18.7 Å². The predicted octanol–water partition coefficient (Wildman–Crippen LogP) is 2.97. The van der Waals surface area contributed by atoms with Gasteiger partial charge in [-0.2, -0.15) is 0 Å². The fourth-order valence-electron chi connectivity index (χ4n) is 2.65. The number of halogens is 1. The van der Waals surface area contributed by atoms with Gasteiger partial charge in [-0.15, -0.1) is 0 Å². The van der Waals surface area contributed by atoms with Gasteiger partial charge in [0.2, 0.25) is 0 Å². The largest absolute Gasteiger partial charge is 0.327 e. The summed E-state index contributed by atoms with van der Waals surface area (Å²) in [7, 11) is 0. The molecular formula is C13H18FN. The molecule has 0 heterocycles. The van der Waals surface area contributed by atoms with Gasteiger partial charge in [-0.3, -0.25) is 0 Å². The summed E-state index contributed by atoms with van der Waals surface area (Å²) in [5.74, 6) is 0.768. The van der Waals surface area contributed by atoms with Gasteiger partial charge in [-0.25, -0.2) is 4.39 Å². The number of rotatable bonds is 1. The van der Waals surface area contributed by atoms with E-state index in [-0.39, 0.29) is 11.9 Å². The fourth-order valence-corrected chi connectivity index (χ4v) is 2.65. The molecule has 1 aliphatic carbocycles. The van der Waals surface area contributed by atoms with E-state index in [2.05, 4.69) is 6.92 Å². The minimum Gasteiger partial charge on any atom is -0.327 e. The highest BCUT2D eigenvalue weighted by atomic mass is 19.1. The Balaban J connectivity index is 2.33. The van der Waals surface area contributed by atoms with Crippen molar-refractivity contribution >= 4 is 0 Å². The summed E-state index contributed by atoms with van der Waals surface area (Å²) in [6.45, 7) is 4.22. The van der Waals surface area contributed by atoms with E-state index >= 15 is 0 Å². The van der Waals surface area contributed by atoms with Crippen molar-refractivity contribution in [1.82, 2.24) is 0 Å². The summed E-state index contributed by atoms with van der Waals surface area (Å²) in [5, 5.41) is 0. The van der Waals surface area contributed by atoms with Crippen molar-refractivity contribution in [2.45, 2.75) is 38.6 Å². The van der Waals surface area contributed by atoms with Crippen molar-refractivity contribution in [3.05, 3.63) is 35.1 Å². The molecule has 15 heavy (non-hydrogen) atoms. The molecule has 2 heteroatoms. The van der Waals surface area contributed by atoms with Crippen LogP contribution in [-0.4, -0.2) is 6.04 Å². The molecule has 1 saturated carbocycles. The monoisotopic (exact) mass is 207 g/mol. The summed E-state index contributed by atoms with van der Waals surface area (Å²) in [4.78, 5) is 0. The van der Waals surface area contributed by atoms with Crippen molar-refractivity contribution in [2.75, 3.05) is 0 Å². The highest BCUT2D eigenvalue weighted by Crippen LogP contribution is 2.39. The van der Waals surface area contributed by atoms with E-state index in [0.717, 1.165) is 18.4 Å². The Morgan fingerprint density at radius 1 is 1.33 bits per heavy atom. The van der Waals surface area contributed by atoms with E-state index in [4.69, 9.17) is 5.73 Å². The molecule has 2 rings (SSSR count). The van der Waals surface area contributed by atoms with Gasteiger partial charge in [0.15, 0.2) is 0 Å². The summed E-state index contributed by atoms with van der Waals surface area (Å²) in [6.07, 6.45) is 2.15. The van der Waals surface area contributed by atoms with Gasteiger partial charge in [0.25, 0.3) is 0 Å². The zero-order valence-electron chi connectivity index (χ0n) is 9.33. The first-order valence-corrected chi connectivity index (χ1v) is 5.61. The van der Waals surface area contributed by atoms with Crippen LogP contribution in [0.4, 0.5) is 4.39 Å². The second kappa shape index (κ2) is 3.93. The molecule has 1 fully saturated rings. The summed E-state index contributed by atoms with van der Waals surface area (Å²) < 4.78 is 13.2. The summed E-state index contributed by atoms with van der Waals surface area (Å²) in [6, 6.07) is 5.34. The van der Waals surface area contributed by atoms with Gasteiger partial charge in [-0.1, -0.05) is 13.0 Å². The Labute approximate surface area is 90.5 Å². The standard InChI is InChI=1S/C13H18FN/c1-8-3-4-10(14)7-12(8)11-5-6-13(15)9(11)2/h3-4,7,9,11,13H,5-6,15H2,1-2H3. The Morgan fingerprint density at radius 3 is 2.67 bits per heavy atom. The average molecular weight is 207 g/mol. The Kier molecular flexibility index (Phi) is 2.79. The van der Waals surface area contributed by atoms with Crippen LogP contribution < -0.4 is 5.73 Å². The number of nitrogens with two attached hydrogens (primary N) is 1. The molecule has 1 aromatic carbocycles. The smallest absolute Gasteiger partial charge is 0.123 e. The first kappa shape index (κ1) is 10.6. The molecule has 1 nitrogen and oxygen atoms in total. The molecule has 0 saturated heterocycles. The molecule has 3 atom stereocenters. The van der Waals surface area contributed by atoms with Crippen LogP contribution >= 0.6 is 0 Å². The van der Waals surface area contributed by atoms with E-state index in [9.17, 15) is 4.39 Å². The third-order valence-corrected chi connectivity index (χ3v) is 3.76. The van der Waals surface area contributed by atoms with Crippen LogP contribution in [0.15, 0.2) is 18.2 Å². The minimum atomic E-state index is -0.136. The quantitative estimate of drug-likeness (QED) is 0.752. The molecule has 82 valence electrons. The SMILES string of the molecule is Cc1ccc(F)cc1C1CCC(N)C1C. The first-order valence-electron chi connectivity index (χ1n) is 5.61. The minimum absolute atomic E-state index is 0.136. The molecule has 1 aliphatic rings. The highest BCUT2D eigenvalue weighted by molar-refractivity contribution is 5.31. The second-order valence-electron chi connectivity index (χ2n) is 4.71. The van der Waals surface area contributed by atoms with Crippen molar-refractivity contribution in [1.29, 1.82) is 0 Å². The van der Waals surface area contributed by atoms with E-state index in [0.29, 0.717) is 11.8 Å². The average Bonchev–Trinajstić information content (AvgIpc) is 2.52. The number of benzene rings is 1. The van der Waals surface area contributed by atoms with Crippen LogP contribution in [0.5, 0.6) is 0 Å². The maximum atomic E-state index is 13.2. The van der Waals surface area contributed by atoms with Gasteiger partial charge >= 0.3 is 0 Å². The van der Waals surface area contributed by atoms with Crippen molar-refractivity contribution in [3.63, 3.8) is 0 Å². The van der Waals surface area contributed by atoms with Crippen LogP contribution in [0.3, 0.4) is 0 Å². The lowest BCUT2D eigenvalue weighted by atomic mass is 9.86. The number of hydrogen-bond acceptors (Lipinski definition) is 1. The number of hydrogen-bond donors (Lipinski definition) is 1. The molecule has 2 N–H and O–H groups in total. The molecule has 0 bridgehead atoms. The molecule has 0 spiro atoms. The molecule has 1 aromatic rings. The zero-order valence-corrected chi connectivity index (χ0v) is 9.33.